The highest BCUT2D eigenvalue weighted by atomic mass is 32.2. The maximum absolute atomic E-state index is 13.1. The van der Waals surface area contributed by atoms with E-state index < -0.39 is 61.9 Å². The molecule has 14 nitrogen and oxygen atoms in total. The molecule has 0 saturated carbocycles. The van der Waals surface area contributed by atoms with Crippen LogP contribution in [0, 0.1) is 0 Å². The molecule has 0 spiro atoms. The van der Waals surface area contributed by atoms with E-state index in [9.17, 15) is 35.1 Å². The number of rotatable bonds is 26. The Morgan fingerprint density at radius 2 is 1.45 bits per heavy atom. The van der Waals surface area contributed by atoms with Gasteiger partial charge in [0.15, 0.2) is 12.0 Å². The van der Waals surface area contributed by atoms with Crippen LogP contribution in [0.4, 0.5) is 5.82 Å². The highest BCUT2D eigenvalue weighted by molar-refractivity contribution is 7.99. The fourth-order valence-corrected chi connectivity index (χ4v) is 6.44. The number of carbonyl (C=O) groups is 2. The number of amides is 2. The van der Waals surface area contributed by atoms with Crippen LogP contribution >= 0.6 is 11.8 Å². The number of thioether (sulfide) groups is 1. The van der Waals surface area contributed by atoms with Crippen LogP contribution in [0.25, 0.3) is 0 Å². The van der Waals surface area contributed by atoms with Gasteiger partial charge in [-0.25, -0.2) is 4.68 Å². The summed E-state index contributed by atoms with van der Waals surface area (Å²) in [5.74, 6) is -0.569. The Morgan fingerprint density at radius 3 is 2.00 bits per heavy atom. The second-order valence-electron chi connectivity index (χ2n) is 12.5. The molecule has 1 fully saturated rings. The molecule has 47 heavy (non-hydrogen) atoms. The summed E-state index contributed by atoms with van der Waals surface area (Å²) in [7, 11) is 0. The summed E-state index contributed by atoms with van der Waals surface area (Å²) in [5, 5.41) is 71.6. The van der Waals surface area contributed by atoms with Gasteiger partial charge < -0.3 is 46.0 Å². The van der Waals surface area contributed by atoms with Crippen LogP contribution in [0.3, 0.4) is 0 Å². The molecule has 2 amide bonds. The number of anilines is 1. The Balaban J connectivity index is 1.74. The van der Waals surface area contributed by atoms with Crippen molar-refractivity contribution in [1.82, 2.24) is 20.3 Å². The number of aliphatic hydroxyl groups excluding tert-OH is 6. The van der Waals surface area contributed by atoms with Crippen LogP contribution in [0.5, 0.6) is 0 Å². The van der Waals surface area contributed by atoms with Crippen molar-refractivity contribution in [2.45, 2.75) is 152 Å². The normalized spacial score (nSPS) is 22.6. The predicted octanol–water partition coefficient (Wildman–Crippen LogP) is 2.02. The molecular weight excluding hydrogens is 630 g/mol. The number of aromatic nitrogens is 3. The topological polar surface area (TPSA) is 220 Å². The fourth-order valence-electron chi connectivity index (χ4n) is 5.45. The van der Waals surface area contributed by atoms with E-state index in [2.05, 4.69) is 27.9 Å². The van der Waals surface area contributed by atoms with Gasteiger partial charge in [-0.2, -0.15) is 11.8 Å². The molecule has 15 heteroatoms. The minimum absolute atomic E-state index is 0.0194. The number of ether oxygens (including phenoxy) is 1. The fraction of sp³-hybridized carbons (Fsp3) is 0.875. The molecule has 0 radical (unpaired) electrons. The van der Waals surface area contributed by atoms with Crippen molar-refractivity contribution < 1.29 is 45.0 Å². The molecule has 6 unspecified atom stereocenters. The summed E-state index contributed by atoms with van der Waals surface area (Å²) < 4.78 is 6.51. The Hall–Kier alpha value is -1.85. The number of hydrogen-bond acceptors (Lipinski definition) is 12. The minimum atomic E-state index is -1.61. The summed E-state index contributed by atoms with van der Waals surface area (Å²) in [5.41, 5.74) is 0. The zero-order chi connectivity index (χ0) is 34.4. The van der Waals surface area contributed by atoms with E-state index in [0.29, 0.717) is 6.42 Å². The van der Waals surface area contributed by atoms with Crippen LogP contribution in [0.1, 0.15) is 116 Å². The van der Waals surface area contributed by atoms with Crippen molar-refractivity contribution in [3.63, 3.8) is 0 Å². The van der Waals surface area contributed by atoms with Gasteiger partial charge in [-0.05, 0) is 6.42 Å². The molecule has 2 rings (SSSR count). The smallest absolute Gasteiger partial charge is 0.249 e. The second-order valence-corrected chi connectivity index (χ2v) is 13.6. The number of aliphatic hydroxyl groups is 6. The van der Waals surface area contributed by atoms with E-state index in [1.807, 2.05) is 0 Å². The largest absolute Gasteiger partial charge is 0.394 e. The van der Waals surface area contributed by atoms with Crippen molar-refractivity contribution in [1.29, 1.82) is 0 Å². The van der Waals surface area contributed by atoms with Crippen LogP contribution in [0.15, 0.2) is 6.20 Å². The van der Waals surface area contributed by atoms with E-state index in [1.165, 1.54) is 88.6 Å². The molecule has 1 aromatic rings. The van der Waals surface area contributed by atoms with Crippen LogP contribution in [-0.2, 0) is 14.3 Å². The number of carbonyl (C=O) groups excluding carboxylic acids is 2. The highest BCUT2D eigenvalue weighted by Gasteiger charge is 2.44. The standard InChI is InChI=1S/C32H59N5O9S/c1-2-3-4-5-6-7-8-9-10-11-12-13-14-15-16-17-27(41)33-24(22-47-21-23(40)19-38)31(45)34-26-18-37(36-35-26)32-30(44)29(43)28(42)25(20-39)46-32/h18,23-25,28-30,32,38-40,42-44H,2-17,19-22H2,1H3,(H,33,41)(H,34,45)/t23?,24?,25?,28?,29?,30?,32-/m0/s1. The predicted molar refractivity (Wildman–Crippen MR) is 180 cm³/mol. The quantitative estimate of drug-likeness (QED) is 0.0655. The van der Waals surface area contributed by atoms with Gasteiger partial charge in [0.2, 0.25) is 11.8 Å². The van der Waals surface area contributed by atoms with Crippen LogP contribution in [-0.4, -0.2) is 119 Å². The maximum Gasteiger partial charge on any atom is 0.249 e. The van der Waals surface area contributed by atoms with Gasteiger partial charge >= 0.3 is 0 Å². The Bertz CT molecular complexity index is 989. The Kier molecular flexibility index (Phi) is 21.4. The summed E-state index contributed by atoms with van der Waals surface area (Å²) in [6.45, 7) is 1.22. The first-order valence-corrected chi connectivity index (χ1v) is 18.6. The van der Waals surface area contributed by atoms with E-state index in [1.54, 1.807) is 0 Å². The van der Waals surface area contributed by atoms with Crippen molar-refractivity contribution in [2.24, 2.45) is 0 Å². The molecule has 8 N–H and O–H groups in total. The molecule has 2 heterocycles. The SMILES string of the molecule is CCCCCCCCCCCCCCCCCC(=O)NC(CSCC(O)CO)C(=O)Nc1cn([C@H]2OC(CO)C(O)C(O)C2O)nn1. The number of nitrogens with one attached hydrogen (secondary N) is 2. The minimum Gasteiger partial charge on any atom is -0.394 e. The molecule has 1 saturated heterocycles. The monoisotopic (exact) mass is 689 g/mol. The Labute approximate surface area is 283 Å². The molecule has 0 aromatic carbocycles. The first-order chi connectivity index (χ1) is 22.7. The highest BCUT2D eigenvalue weighted by Crippen LogP contribution is 2.28. The molecule has 7 atom stereocenters. The third kappa shape index (κ3) is 15.9. The van der Waals surface area contributed by atoms with Gasteiger partial charge in [0.05, 0.1) is 25.5 Å². The van der Waals surface area contributed by atoms with Crippen molar-refractivity contribution in [3.8, 4) is 0 Å². The molecule has 1 aliphatic rings. The lowest BCUT2D eigenvalue weighted by molar-refractivity contribution is -0.254. The van der Waals surface area contributed by atoms with Crippen LogP contribution in [0.2, 0.25) is 0 Å². The average Bonchev–Trinajstić information content (AvgIpc) is 3.52. The zero-order valence-electron chi connectivity index (χ0n) is 27.9. The third-order valence-corrected chi connectivity index (χ3v) is 9.54. The molecular formula is C32H59N5O9S. The zero-order valence-corrected chi connectivity index (χ0v) is 28.7. The van der Waals surface area contributed by atoms with Crippen molar-refractivity contribution in [2.75, 3.05) is 30.0 Å². The number of nitrogens with zero attached hydrogens (tertiary/aromatic N) is 3. The van der Waals surface area contributed by atoms with Crippen molar-refractivity contribution in [3.05, 3.63) is 6.20 Å². The van der Waals surface area contributed by atoms with Gasteiger partial charge in [-0.15, -0.1) is 5.10 Å². The van der Waals surface area contributed by atoms with E-state index in [0.717, 1.165) is 23.9 Å². The molecule has 272 valence electrons. The average molecular weight is 690 g/mol. The Morgan fingerprint density at radius 1 is 0.872 bits per heavy atom. The number of hydrogen-bond donors (Lipinski definition) is 8. The summed E-state index contributed by atoms with van der Waals surface area (Å²) in [6, 6.07) is -0.966. The second kappa shape index (κ2) is 24.3. The summed E-state index contributed by atoms with van der Waals surface area (Å²) in [6.07, 6.45) is 11.8. The van der Waals surface area contributed by atoms with E-state index >= 15 is 0 Å². The molecule has 1 aromatic heterocycles. The van der Waals surface area contributed by atoms with Gasteiger partial charge in [0.25, 0.3) is 0 Å². The lowest BCUT2D eigenvalue weighted by Crippen LogP contribution is -2.56. The molecule has 1 aliphatic heterocycles. The van der Waals surface area contributed by atoms with Gasteiger partial charge in [-0.3, -0.25) is 9.59 Å². The lowest BCUT2D eigenvalue weighted by Gasteiger charge is -2.39. The first-order valence-electron chi connectivity index (χ1n) is 17.4. The molecule has 0 bridgehead atoms. The van der Waals surface area contributed by atoms with Gasteiger partial charge in [0, 0.05) is 17.9 Å². The van der Waals surface area contributed by atoms with E-state index in [4.69, 9.17) is 9.84 Å². The molecule has 0 aliphatic carbocycles. The maximum atomic E-state index is 13.1. The van der Waals surface area contributed by atoms with E-state index in [-0.39, 0.29) is 29.7 Å². The number of unbranched alkanes of at least 4 members (excludes halogenated alkanes) is 14. The lowest BCUT2D eigenvalue weighted by atomic mass is 9.98. The van der Waals surface area contributed by atoms with Crippen LogP contribution < -0.4 is 10.6 Å². The summed E-state index contributed by atoms with van der Waals surface area (Å²) in [4.78, 5) is 25.9. The van der Waals surface area contributed by atoms with Gasteiger partial charge in [0.1, 0.15) is 30.5 Å². The first kappa shape index (κ1) is 41.3. The van der Waals surface area contributed by atoms with Gasteiger partial charge in [-0.1, -0.05) is 102 Å². The van der Waals surface area contributed by atoms with Crippen molar-refractivity contribution >= 4 is 29.4 Å². The summed E-state index contributed by atoms with van der Waals surface area (Å²) >= 11 is 1.20. The third-order valence-electron chi connectivity index (χ3n) is 8.35.